The fourth-order valence-corrected chi connectivity index (χ4v) is 3.50. The first-order chi connectivity index (χ1) is 7.42. The molecule has 0 aliphatic carbocycles. The molecule has 1 aromatic rings. The monoisotopic (exact) mass is 243 g/mol. The van der Waals surface area contributed by atoms with E-state index in [1.807, 2.05) is 0 Å². The number of sulfonamides is 1. The highest BCUT2D eigenvalue weighted by Crippen LogP contribution is 2.28. The number of benzene rings is 1. The summed E-state index contributed by atoms with van der Waals surface area (Å²) in [5.41, 5.74) is 0.0642. The molecule has 0 saturated carbocycles. The molecule has 0 bridgehead atoms. The van der Waals surface area contributed by atoms with Gasteiger partial charge >= 0.3 is 0 Å². The quantitative estimate of drug-likeness (QED) is 0.743. The molecule has 0 aromatic heterocycles. The lowest BCUT2D eigenvalue weighted by molar-refractivity contribution is -0.119. The minimum Gasteiger partial charge on any atom is -0.273 e. The number of hydrogen-bond acceptors (Lipinski definition) is 3. The summed E-state index contributed by atoms with van der Waals surface area (Å²) < 4.78 is 37.0. The number of carbonyl (C=O) groups excluding carboxylic acids is 1. The van der Waals surface area contributed by atoms with Crippen molar-refractivity contribution in [3.8, 4) is 0 Å². The molecule has 0 radical (unpaired) electrons. The van der Waals surface area contributed by atoms with Crippen LogP contribution in [-0.4, -0.2) is 20.1 Å². The van der Waals surface area contributed by atoms with Crippen LogP contribution >= 0.6 is 0 Å². The molecule has 86 valence electrons. The zero-order valence-electron chi connectivity index (χ0n) is 8.55. The number of nitrogens with zero attached hydrogens (tertiary/aromatic N) is 1. The van der Waals surface area contributed by atoms with Crippen LogP contribution in [0.25, 0.3) is 0 Å². The molecule has 16 heavy (non-hydrogen) atoms. The number of carbonyl (C=O) groups is 1. The Morgan fingerprint density at radius 2 is 2.12 bits per heavy atom. The third-order valence-corrected chi connectivity index (χ3v) is 4.27. The zero-order valence-corrected chi connectivity index (χ0v) is 9.37. The molecule has 1 heterocycles. The molecule has 1 amide bonds. The summed E-state index contributed by atoms with van der Waals surface area (Å²) in [6.45, 7) is 1.54. The number of anilines is 1. The highest BCUT2D eigenvalue weighted by Gasteiger charge is 2.41. The molecular weight excluding hydrogens is 233 g/mol. The van der Waals surface area contributed by atoms with Crippen molar-refractivity contribution in [2.45, 2.75) is 6.92 Å². The molecule has 2 rings (SSSR count). The number of hydrogen-bond donors (Lipinski definition) is 0. The van der Waals surface area contributed by atoms with Crippen molar-refractivity contribution in [2.75, 3.05) is 10.1 Å². The van der Waals surface area contributed by atoms with Crippen LogP contribution in [0.15, 0.2) is 24.3 Å². The normalized spacial score (nSPS) is 23.8. The van der Waals surface area contributed by atoms with Crippen LogP contribution in [0.3, 0.4) is 0 Å². The van der Waals surface area contributed by atoms with Gasteiger partial charge in [0.15, 0.2) is 0 Å². The van der Waals surface area contributed by atoms with E-state index in [0.29, 0.717) is 4.31 Å². The second kappa shape index (κ2) is 3.55. The van der Waals surface area contributed by atoms with E-state index in [1.165, 1.54) is 18.2 Å². The largest absolute Gasteiger partial charge is 0.273 e. The van der Waals surface area contributed by atoms with Gasteiger partial charge in [-0.3, -0.25) is 4.79 Å². The first kappa shape index (κ1) is 11.1. The predicted octanol–water partition coefficient (Wildman–Crippen LogP) is 1.14. The van der Waals surface area contributed by atoms with Crippen LogP contribution in [0.2, 0.25) is 0 Å². The Labute approximate surface area is 92.7 Å². The summed E-state index contributed by atoms with van der Waals surface area (Å²) in [6, 6.07) is 5.00. The number of rotatable bonds is 1. The highest BCUT2D eigenvalue weighted by molar-refractivity contribution is 7.94. The molecule has 1 aliphatic rings. The van der Waals surface area contributed by atoms with Gasteiger partial charge in [0.05, 0.1) is 17.4 Å². The first-order valence-corrected chi connectivity index (χ1v) is 6.35. The molecule has 1 aromatic carbocycles. The highest BCUT2D eigenvalue weighted by atomic mass is 32.2. The van der Waals surface area contributed by atoms with Crippen molar-refractivity contribution in [1.82, 2.24) is 0 Å². The summed E-state index contributed by atoms with van der Waals surface area (Å²) in [7, 11) is -3.64. The van der Waals surface area contributed by atoms with Gasteiger partial charge in [0.1, 0.15) is 5.82 Å². The summed E-state index contributed by atoms with van der Waals surface area (Å²) in [5, 5.41) is 0. The lowest BCUT2D eigenvalue weighted by atomic mass is 10.2. The van der Waals surface area contributed by atoms with Crippen LogP contribution in [0, 0.1) is 11.7 Å². The van der Waals surface area contributed by atoms with Gasteiger partial charge in [-0.15, -0.1) is 0 Å². The van der Waals surface area contributed by atoms with Gasteiger partial charge in [-0.25, -0.2) is 17.1 Å². The van der Waals surface area contributed by atoms with Gasteiger partial charge < -0.3 is 0 Å². The lowest BCUT2D eigenvalue weighted by Gasteiger charge is -2.14. The minimum atomic E-state index is -3.64. The van der Waals surface area contributed by atoms with Gasteiger partial charge in [-0.05, 0) is 18.2 Å². The van der Waals surface area contributed by atoms with E-state index in [1.54, 1.807) is 6.92 Å². The van der Waals surface area contributed by atoms with Crippen molar-refractivity contribution in [3.05, 3.63) is 30.1 Å². The van der Waals surface area contributed by atoms with Crippen LogP contribution in [-0.2, 0) is 14.8 Å². The van der Waals surface area contributed by atoms with E-state index < -0.39 is 27.7 Å². The average Bonchev–Trinajstić information content (AvgIpc) is 2.35. The molecule has 1 unspecified atom stereocenters. The maximum Gasteiger partial charge on any atom is 0.244 e. The summed E-state index contributed by atoms with van der Waals surface area (Å²) in [4.78, 5) is 11.7. The molecule has 4 nitrogen and oxygen atoms in total. The van der Waals surface area contributed by atoms with Crippen LogP contribution in [0.5, 0.6) is 0 Å². The van der Waals surface area contributed by atoms with E-state index >= 15 is 0 Å². The maximum atomic E-state index is 13.0. The zero-order chi connectivity index (χ0) is 11.9. The molecule has 1 fully saturated rings. The maximum absolute atomic E-state index is 13.0. The Bertz CT molecular complexity index is 541. The average molecular weight is 243 g/mol. The molecule has 1 aliphatic heterocycles. The fourth-order valence-electron chi connectivity index (χ4n) is 1.69. The predicted molar refractivity (Wildman–Crippen MR) is 56.8 cm³/mol. The Hall–Kier alpha value is -1.43. The molecular formula is C10H10FNO3S. The Balaban J connectivity index is 2.52. The number of halogens is 1. The second-order valence-corrected chi connectivity index (χ2v) is 5.62. The van der Waals surface area contributed by atoms with Gasteiger partial charge in [0, 0.05) is 0 Å². The molecule has 0 spiro atoms. The van der Waals surface area contributed by atoms with E-state index in [2.05, 4.69) is 0 Å². The minimum absolute atomic E-state index is 0.0642. The first-order valence-electron chi connectivity index (χ1n) is 4.74. The van der Waals surface area contributed by atoms with Crippen molar-refractivity contribution in [2.24, 2.45) is 5.92 Å². The smallest absolute Gasteiger partial charge is 0.244 e. The van der Waals surface area contributed by atoms with E-state index in [-0.39, 0.29) is 11.4 Å². The fraction of sp³-hybridized carbons (Fsp3) is 0.300. The van der Waals surface area contributed by atoms with Crippen molar-refractivity contribution in [3.63, 3.8) is 0 Å². The van der Waals surface area contributed by atoms with Crippen LogP contribution < -0.4 is 4.31 Å². The third-order valence-electron chi connectivity index (χ3n) is 2.40. The van der Waals surface area contributed by atoms with E-state index in [4.69, 9.17) is 0 Å². The van der Waals surface area contributed by atoms with Crippen molar-refractivity contribution >= 4 is 21.6 Å². The van der Waals surface area contributed by atoms with Crippen molar-refractivity contribution in [1.29, 1.82) is 0 Å². The van der Waals surface area contributed by atoms with E-state index in [9.17, 15) is 17.6 Å². The SMILES string of the molecule is CC1CS(=O)(=O)N(c2cccc(F)c2)C1=O. The van der Waals surface area contributed by atoms with Crippen LogP contribution in [0.4, 0.5) is 10.1 Å². The lowest BCUT2D eigenvalue weighted by Crippen LogP contribution is -2.30. The summed E-state index contributed by atoms with van der Waals surface area (Å²) in [6.07, 6.45) is 0. The number of amides is 1. The second-order valence-electron chi connectivity index (χ2n) is 3.76. The van der Waals surface area contributed by atoms with Gasteiger partial charge in [-0.2, -0.15) is 0 Å². The molecule has 0 N–H and O–H groups in total. The van der Waals surface area contributed by atoms with Gasteiger partial charge in [-0.1, -0.05) is 13.0 Å². The van der Waals surface area contributed by atoms with Crippen LogP contribution in [0.1, 0.15) is 6.92 Å². The molecule has 1 atom stereocenters. The Kier molecular flexibility index (Phi) is 2.46. The van der Waals surface area contributed by atoms with Gasteiger partial charge in [0.25, 0.3) is 0 Å². The topological polar surface area (TPSA) is 54.5 Å². The summed E-state index contributed by atoms with van der Waals surface area (Å²) in [5.74, 6) is -1.87. The molecule has 1 saturated heterocycles. The third kappa shape index (κ3) is 1.69. The molecule has 6 heteroatoms. The Morgan fingerprint density at radius 1 is 1.44 bits per heavy atom. The Morgan fingerprint density at radius 3 is 2.62 bits per heavy atom. The van der Waals surface area contributed by atoms with Gasteiger partial charge in [0.2, 0.25) is 15.9 Å². The standard InChI is InChI=1S/C10H10FNO3S/c1-7-6-16(14,15)12(10(7)13)9-4-2-3-8(11)5-9/h2-5,7H,6H2,1H3. The van der Waals surface area contributed by atoms with E-state index in [0.717, 1.165) is 6.07 Å². The summed E-state index contributed by atoms with van der Waals surface area (Å²) >= 11 is 0. The van der Waals surface area contributed by atoms with Crippen molar-refractivity contribution < 1.29 is 17.6 Å².